The highest BCUT2D eigenvalue weighted by Crippen LogP contribution is 2.21. The average molecular weight is 238 g/mol. The minimum Gasteiger partial charge on any atom is -0.0591 e. The van der Waals surface area contributed by atoms with E-state index in [1.807, 2.05) is 0 Å². The lowest BCUT2D eigenvalue weighted by Crippen LogP contribution is -1.96. The van der Waals surface area contributed by atoms with Gasteiger partial charge in [-0.25, -0.2) is 0 Å². The molecule has 0 unspecified atom stereocenters. The summed E-state index contributed by atoms with van der Waals surface area (Å²) in [5, 5.41) is 0. The minimum atomic E-state index is 0.631. The normalized spacial score (nSPS) is 12.4. The second-order valence-corrected chi connectivity index (χ2v) is 5.34. The van der Waals surface area contributed by atoms with Crippen molar-refractivity contribution in [2.75, 3.05) is 0 Å². The lowest BCUT2D eigenvalue weighted by atomic mass is 9.93. The lowest BCUT2D eigenvalue weighted by Gasteiger charge is -2.12. The largest absolute Gasteiger partial charge is 0.0591 e. The van der Waals surface area contributed by atoms with E-state index in [0.717, 1.165) is 6.42 Å². The summed E-state index contributed by atoms with van der Waals surface area (Å²) < 4.78 is 0. The summed E-state index contributed by atoms with van der Waals surface area (Å²) in [6.45, 7) is 6.60. The van der Waals surface area contributed by atoms with Crippen molar-refractivity contribution >= 4 is 0 Å². The van der Waals surface area contributed by atoms with Crippen LogP contribution in [-0.2, 0) is 6.42 Å². The molecule has 0 aliphatic rings. The van der Waals surface area contributed by atoms with E-state index in [9.17, 15) is 0 Å². The molecule has 0 radical (unpaired) electrons. The van der Waals surface area contributed by atoms with Gasteiger partial charge in [-0.15, -0.1) is 0 Å². The SMILES string of the molecule is Cc1ccc(CC[C@@H](C)c2ccc(C)cc2)cc1. The van der Waals surface area contributed by atoms with Crippen molar-refractivity contribution in [3.63, 3.8) is 0 Å². The fourth-order valence-corrected chi connectivity index (χ4v) is 2.20. The van der Waals surface area contributed by atoms with Crippen molar-refractivity contribution in [3.05, 3.63) is 70.8 Å². The molecule has 2 aromatic rings. The van der Waals surface area contributed by atoms with Gasteiger partial charge in [0, 0.05) is 0 Å². The van der Waals surface area contributed by atoms with Crippen LogP contribution in [-0.4, -0.2) is 0 Å². The first-order chi connectivity index (χ1) is 8.65. The Balaban J connectivity index is 1.93. The van der Waals surface area contributed by atoms with Crippen LogP contribution < -0.4 is 0 Å². The average Bonchev–Trinajstić information content (AvgIpc) is 2.38. The van der Waals surface area contributed by atoms with Crippen LogP contribution in [0.4, 0.5) is 0 Å². The topological polar surface area (TPSA) is 0 Å². The van der Waals surface area contributed by atoms with Crippen molar-refractivity contribution < 1.29 is 0 Å². The second-order valence-electron chi connectivity index (χ2n) is 5.34. The molecule has 0 spiro atoms. The Hall–Kier alpha value is -1.56. The van der Waals surface area contributed by atoms with Crippen LogP contribution in [0.15, 0.2) is 48.5 Å². The van der Waals surface area contributed by atoms with Crippen LogP contribution in [0.3, 0.4) is 0 Å². The van der Waals surface area contributed by atoms with Crippen molar-refractivity contribution in [3.8, 4) is 0 Å². The zero-order chi connectivity index (χ0) is 13.0. The van der Waals surface area contributed by atoms with Crippen LogP contribution in [0.25, 0.3) is 0 Å². The van der Waals surface area contributed by atoms with Gasteiger partial charge < -0.3 is 0 Å². The summed E-state index contributed by atoms with van der Waals surface area (Å²) >= 11 is 0. The smallest absolute Gasteiger partial charge is 0.0187 e. The maximum Gasteiger partial charge on any atom is -0.0187 e. The van der Waals surface area contributed by atoms with Crippen molar-refractivity contribution in [2.24, 2.45) is 0 Å². The first kappa shape index (κ1) is 12.9. The molecule has 0 aliphatic carbocycles. The van der Waals surface area contributed by atoms with Crippen molar-refractivity contribution in [1.29, 1.82) is 0 Å². The number of benzene rings is 2. The van der Waals surface area contributed by atoms with Gasteiger partial charge in [0.25, 0.3) is 0 Å². The molecule has 0 aromatic heterocycles. The molecule has 0 amide bonds. The third-order valence-corrected chi connectivity index (χ3v) is 3.63. The molecule has 2 aromatic carbocycles. The van der Waals surface area contributed by atoms with Gasteiger partial charge in [-0.2, -0.15) is 0 Å². The maximum absolute atomic E-state index is 2.32. The van der Waals surface area contributed by atoms with E-state index in [-0.39, 0.29) is 0 Å². The monoisotopic (exact) mass is 238 g/mol. The fourth-order valence-electron chi connectivity index (χ4n) is 2.20. The van der Waals surface area contributed by atoms with Crippen LogP contribution in [0.1, 0.15) is 41.5 Å². The third kappa shape index (κ3) is 3.46. The molecular formula is C18H22. The summed E-state index contributed by atoms with van der Waals surface area (Å²) in [5.74, 6) is 0.631. The Morgan fingerprint density at radius 3 is 1.83 bits per heavy atom. The van der Waals surface area contributed by atoms with E-state index in [4.69, 9.17) is 0 Å². The summed E-state index contributed by atoms with van der Waals surface area (Å²) in [7, 11) is 0. The van der Waals surface area contributed by atoms with Crippen molar-refractivity contribution in [1.82, 2.24) is 0 Å². The van der Waals surface area contributed by atoms with Gasteiger partial charge in [0.1, 0.15) is 0 Å². The van der Waals surface area contributed by atoms with Crippen molar-refractivity contribution in [2.45, 2.75) is 39.5 Å². The first-order valence-corrected chi connectivity index (χ1v) is 6.77. The van der Waals surface area contributed by atoms with E-state index in [1.165, 1.54) is 28.7 Å². The molecule has 0 fully saturated rings. The maximum atomic E-state index is 2.32. The van der Waals surface area contributed by atoms with Gasteiger partial charge in [0.15, 0.2) is 0 Å². The molecule has 0 heterocycles. The van der Waals surface area contributed by atoms with Gasteiger partial charge in [0.2, 0.25) is 0 Å². The zero-order valence-electron chi connectivity index (χ0n) is 11.6. The highest BCUT2D eigenvalue weighted by atomic mass is 14.1. The third-order valence-electron chi connectivity index (χ3n) is 3.63. The number of hydrogen-bond donors (Lipinski definition) is 0. The summed E-state index contributed by atoms with van der Waals surface area (Å²) in [6.07, 6.45) is 2.38. The Kier molecular flexibility index (Phi) is 4.19. The highest BCUT2D eigenvalue weighted by Gasteiger charge is 2.05. The van der Waals surface area contributed by atoms with E-state index in [0.29, 0.717) is 5.92 Å². The molecule has 0 saturated heterocycles. The summed E-state index contributed by atoms with van der Waals surface area (Å²) in [5.41, 5.74) is 5.57. The Labute approximate surface area is 111 Å². The number of rotatable bonds is 4. The van der Waals surface area contributed by atoms with Gasteiger partial charge >= 0.3 is 0 Å². The quantitative estimate of drug-likeness (QED) is 0.700. The predicted octanol–water partition coefficient (Wildman–Crippen LogP) is 5.04. The standard InChI is InChI=1S/C18H22/c1-14-4-9-17(10-5-14)11-8-16(3)18-12-6-15(2)7-13-18/h4-7,9-10,12-13,16H,8,11H2,1-3H3/t16-/m1/s1. The Morgan fingerprint density at radius 1 is 0.778 bits per heavy atom. The number of hydrogen-bond acceptors (Lipinski definition) is 0. The zero-order valence-corrected chi connectivity index (χ0v) is 11.6. The molecule has 0 heteroatoms. The molecule has 18 heavy (non-hydrogen) atoms. The molecule has 0 nitrogen and oxygen atoms in total. The van der Waals surface area contributed by atoms with Crippen LogP contribution in [0.5, 0.6) is 0 Å². The van der Waals surface area contributed by atoms with Gasteiger partial charge in [-0.3, -0.25) is 0 Å². The fraction of sp³-hybridized carbons (Fsp3) is 0.333. The number of aryl methyl sites for hydroxylation is 3. The molecule has 94 valence electrons. The summed E-state index contributed by atoms with van der Waals surface area (Å²) in [6, 6.07) is 17.8. The molecule has 2 rings (SSSR count). The first-order valence-electron chi connectivity index (χ1n) is 6.77. The lowest BCUT2D eigenvalue weighted by molar-refractivity contribution is 0.679. The van der Waals surface area contributed by atoms with E-state index < -0.39 is 0 Å². The van der Waals surface area contributed by atoms with Crippen LogP contribution in [0.2, 0.25) is 0 Å². The molecule has 0 bridgehead atoms. The van der Waals surface area contributed by atoms with Crippen LogP contribution in [0, 0.1) is 13.8 Å². The van der Waals surface area contributed by atoms with Gasteiger partial charge in [-0.05, 0) is 43.7 Å². The summed E-state index contributed by atoms with van der Waals surface area (Å²) in [4.78, 5) is 0. The molecular weight excluding hydrogens is 216 g/mol. The Morgan fingerprint density at radius 2 is 1.28 bits per heavy atom. The molecule has 1 atom stereocenters. The van der Waals surface area contributed by atoms with E-state index in [1.54, 1.807) is 0 Å². The molecule has 0 N–H and O–H groups in total. The molecule has 0 saturated carbocycles. The van der Waals surface area contributed by atoms with E-state index >= 15 is 0 Å². The molecule has 0 aliphatic heterocycles. The van der Waals surface area contributed by atoms with E-state index in [2.05, 4.69) is 69.3 Å². The van der Waals surface area contributed by atoms with Gasteiger partial charge in [-0.1, -0.05) is 66.6 Å². The van der Waals surface area contributed by atoms with Crippen LogP contribution >= 0.6 is 0 Å². The second kappa shape index (κ2) is 5.86. The minimum absolute atomic E-state index is 0.631. The predicted molar refractivity (Wildman–Crippen MR) is 79.1 cm³/mol. The van der Waals surface area contributed by atoms with Gasteiger partial charge in [0.05, 0.1) is 0 Å². The Bertz CT molecular complexity index is 476. The highest BCUT2D eigenvalue weighted by molar-refractivity contribution is 5.25.